The van der Waals surface area contributed by atoms with E-state index in [9.17, 15) is 14.0 Å². The molecule has 1 aromatic rings. The van der Waals surface area contributed by atoms with Gasteiger partial charge < -0.3 is 20.1 Å². The lowest BCUT2D eigenvalue weighted by Gasteiger charge is -2.36. The Bertz CT molecular complexity index is 792. The number of benzene rings is 1. The van der Waals surface area contributed by atoms with Crippen LogP contribution in [0.25, 0.3) is 0 Å². The smallest absolute Gasteiger partial charge is 0.258 e. The van der Waals surface area contributed by atoms with Gasteiger partial charge in [0, 0.05) is 24.8 Å². The van der Waals surface area contributed by atoms with Gasteiger partial charge in [0.25, 0.3) is 5.91 Å². The van der Waals surface area contributed by atoms with Crippen LogP contribution in [0.2, 0.25) is 5.02 Å². The maximum atomic E-state index is 13.5. The van der Waals surface area contributed by atoms with Gasteiger partial charge in [-0.1, -0.05) is 18.5 Å². The molecule has 2 amide bonds. The molecule has 1 aromatic carbocycles. The van der Waals surface area contributed by atoms with Crippen molar-refractivity contribution in [3.63, 3.8) is 0 Å². The summed E-state index contributed by atoms with van der Waals surface area (Å²) in [7, 11) is 0. The van der Waals surface area contributed by atoms with E-state index in [1.807, 2.05) is 6.92 Å². The zero-order chi connectivity index (χ0) is 20.5. The fourth-order valence-electron chi connectivity index (χ4n) is 4.77. The molecule has 158 valence electrons. The minimum Gasteiger partial charge on any atom is -0.484 e. The van der Waals surface area contributed by atoms with Crippen LogP contribution in [-0.4, -0.2) is 43.2 Å². The molecule has 29 heavy (non-hydrogen) atoms. The predicted octanol–water partition coefficient (Wildman–Crippen LogP) is 2.68. The first-order chi connectivity index (χ1) is 13.9. The van der Waals surface area contributed by atoms with Crippen LogP contribution in [-0.2, 0) is 14.3 Å². The summed E-state index contributed by atoms with van der Waals surface area (Å²) in [5, 5.41) is 6.18. The topological polar surface area (TPSA) is 76.7 Å². The van der Waals surface area contributed by atoms with Crippen molar-refractivity contribution in [2.24, 2.45) is 17.8 Å². The highest BCUT2D eigenvalue weighted by molar-refractivity contribution is 6.30. The first-order valence-corrected chi connectivity index (χ1v) is 10.6. The van der Waals surface area contributed by atoms with E-state index in [2.05, 4.69) is 10.6 Å². The highest BCUT2D eigenvalue weighted by atomic mass is 35.5. The van der Waals surface area contributed by atoms with Crippen LogP contribution in [0, 0.1) is 23.6 Å². The standard InChI is InChI=1S/C21H26ClFN2O4/c1-11-6-7-28-20(11)21(27)25-18-9-17(13-3-4-14(13)18)24-19(26)10-29-12-2-5-15(22)16(23)8-12/h2,5,8,11,13-14,17-18,20H,3-4,6-7,9-10H2,1H3,(H,24,26)(H,25,27)/t11?,13?,14?,17-,18?,20?/m0/s1. The number of hydrogen-bond acceptors (Lipinski definition) is 4. The van der Waals surface area contributed by atoms with Gasteiger partial charge in [-0.15, -0.1) is 0 Å². The van der Waals surface area contributed by atoms with Crippen molar-refractivity contribution in [1.29, 1.82) is 0 Å². The number of rotatable bonds is 6. The van der Waals surface area contributed by atoms with Crippen molar-refractivity contribution in [1.82, 2.24) is 10.6 Å². The number of fused-ring (bicyclic) bond motifs is 1. The zero-order valence-electron chi connectivity index (χ0n) is 16.3. The van der Waals surface area contributed by atoms with Gasteiger partial charge in [0.15, 0.2) is 6.61 Å². The maximum Gasteiger partial charge on any atom is 0.258 e. The molecule has 2 saturated carbocycles. The number of halogens is 2. The number of amides is 2. The van der Waals surface area contributed by atoms with Crippen molar-refractivity contribution in [2.45, 2.75) is 50.8 Å². The Morgan fingerprint density at radius 2 is 1.93 bits per heavy atom. The van der Waals surface area contributed by atoms with Crippen molar-refractivity contribution >= 4 is 23.4 Å². The van der Waals surface area contributed by atoms with Gasteiger partial charge in [-0.3, -0.25) is 9.59 Å². The highest BCUT2D eigenvalue weighted by Crippen LogP contribution is 2.47. The summed E-state index contributed by atoms with van der Waals surface area (Å²) in [6, 6.07) is 4.15. The Balaban J connectivity index is 1.27. The van der Waals surface area contributed by atoms with Gasteiger partial charge >= 0.3 is 0 Å². The molecular formula is C21H26ClFN2O4. The Hall–Kier alpha value is -1.86. The van der Waals surface area contributed by atoms with Crippen LogP contribution in [0.5, 0.6) is 5.75 Å². The minimum atomic E-state index is -0.586. The van der Waals surface area contributed by atoms with Gasteiger partial charge in [-0.05, 0) is 55.6 Å². The van der Waals surface area contributed by atoms with E-state index in [1.54, 1.807) is 0 Å². The molecule has 0 spiro atoms. The first-order valence-electron chi connectivity index (χ1n) is 10.2. The Labute approximate surface area is 174 Å². The SMILES string of the molecule is CC1CCOC1C(=O)NC1C[C@H](NC(=O)COc2ccc(Cl)c(F)c2)C2CCC12. The molecule has 1 saturated heterocycles. The lowest BCUT2D eigenvalue weighted by molar-refractivity contribution is -0.132. The second-order valence-corrected chi connectivity index (χ2v) is 8.76. The quantitative estimate of drug-likeness (QED) is 0.736. The molecule has 6 atom stereocenters. The summed E-state index contributed by atoms with van der Waals surface area (Å²) < 4.78 is 24.4. The highest BCUT2D eigenvalue weighted by Gasteiger charge is 2.50. The van der Waals surface area contributed by atoms with E-state index >= 15 is 0 Å². The van der Waals surface area contributed by atoms with Crippen molar-refractivity contribution in [3.05, 3.63) is 29.0 Å². The molecule has 8 heteroatoms. The first kappa shape index (κ1) is 20.4. The summed E-state index contributed by atoms with van der Waals surface area (Å²) in [5.41, 5.74) is 0. The van der Waals surface area contributed by atoms with Crippen molar-refractivity contribution in [2.75, 3.05) is 13.2 Å². The third-order valence-corrected chi connectivity index (χ3v) is 6.81. The molecule has 5 unspecified atom stereocenters. The molecule has 1 heterocycles. The number of ether oxygens (including phenoxy) is 2. The molecule has 2 N–H and O–H groups in total. The lowest BCUT2D eigenvalue weighted by Crippen LogP contribution is -2.47. The average molecular weight is 425 g/mol. The van der Waals surface area contributed by atoms with Crippen LogP contribution in [0.4, 0.5) is 4.39 Å². The van der Waals surface area contributed by atoms with E-state index in [0.29, 0.717) is 24.9 Å². The van der Waals surface area contributed by atoms with Gasteiger partial charge in [-0.2, -0.15) is 0 Å². The largest absolute Gasteiger partial charge is 0.484 e. The Kier molecular flexibility index (Phi) is 5.97. The maximum absolute atomic E-state index is 13.5. The average Bonchev–Trinajstić information content (AvgIpc) is 3.16. The van der Waals surface area contributed by atoms with E-state index in [1.165, 1.54) is 12.1 Å². The van der Waals surface area contributed by atoms with Gasteiger partial charge in [0.2, 0.25) is 5.91 Å². The summed E-state index contributed by atoms with van der Waals surface area (Å²) in [6.07, 6.45) is 3.36. The molecule has 0 radical (unpaired) electrons. The summed E-state index contributed by atoms with van der Waals surface area (Å²) in [6.45, 7) is 2.47. The number of carbonyl (C=O) groups excluding carboxylic acids is 2. The van der Waals surface area contributed by atoms with Crippen LogP contribution in [0.15, 0.2) is 18.2 Å². The van der Waals surface area contributed by atoms with E-state index in [-0.39, 0.29) is 53.3 Å². The molecule has 2 aliphatic carbocycles. The summed E-state index contributed by atoms with van der Waals surface area (Å²) in [5.74, 6) is 0.384. The Morgan fingerprint density at radius 1 is 1.21 bits per heavy atom. The molecule has 4 rings (SSSR count). The van der Waals surface area contributed by atoms with Gasteiger partial charge in [-0.25, -0.2) is 4.39 Å². The molecule has 0 bridgehead atoms. The summed E-state index contributed by atoms with van der Waals surface area (Å²) in [4.78, 5) is 24.9. The Morgan fingerprint density at radius 3 is 2.55 bits per heavy atom. The van der Waals surface area contributed by atoms with Crippen molar-refractivity contribution < 1.29 is 23.5 Å². The molecular weight excluding hydrogens is 399 g/mol. The van der Waals surface area contributed by atoms with Gasteiger partial charge in [0.05, 0.1) is 5.02 Å². The number of carbonyl (C=O) groups is 2. The number of hydrogen-bond donors (Lipinski definition) is 2. The zero-order valence-corrected chi connectivity index (χ0v) is 17.1. The van der Waals surface area contributed by atoms with E-state index < -0.39 is 5.82 Å². The molecule has 0 aromatic heterocycles. The number of nitrogens with one attached hydrogen (secondary N) is 2. The normalized spacial score (nSPS) is 32.9. The van der Waals surface area contributed by atoms with E-state index in [0.717, 1.165) is 25.3 Å². The van der Waals surface area contributed by atoms with Gasteiger partial charge in [0.1, 0.15) is 17.7 Å². The second kappa shape index (κ2) is 8.48. The lowest BCUT2D eigenvalue weighted by atomic mass is 9.73. The molecule has 3 aliphatic rings. The fourth-order valence-corrected chi connectivity index (χ4v) is 4.88. The molecule has 6 nitrogen and oxygen atoms in total. The minimum absolute atomic E-state index is 0.00858. The van der Waals surface area contributed by atoms with Crippen LogP contribution >= 0.6 is 11.6 Å². The monoisotopic (exact) mass is 424 g/mol. The fraction of sp³-hybridized carbons (Fsp3) is 0.619. The van der Waals surface area contributed by atoms with Crippen LogP contribution in [0.3, 0.4) is 0 Å². The molecule has 1 aliphatic heterocycles. The van der Waals surface area contributed by atoms with Crippen LogP contribution in [0.1, 0.15) is 32.6 Å². The third kappa shape index (κ3) is 4.36. The summed E-state index contributed by atoms with van der Waals surface area (Å²) >= 11 is 5.64. The van der Waals surface area contributed by atoms with E-state index in [4.69, 9.17) is 21.1 Å². The second-order valence-electron chi connectivity index (χ2n) is 8.35. The predicted molar refractivity (Wildman–Crippen MR) is 105 cm³/mol. The third-order valence-electron chi connectivity index (χ3n) is 6.51. The van der Waals surface area contributed by atoms with Crippen molar-refractivity contribution in [3.8, 4) is 5.75 Å². The molecule has 3 fully saturated rings. The van der Waals surface area contributed by atoms with Crippen LogP contribution < -0.4 is 15.4 Å².